The minimum absolute atomic E-state index is 0.0952. The highest BCUT2D eigenvalue weighted by Crippen LogP contribution is 2.19. The van der Waals surface area contributed by atoms with Crippen LogP contribution in [0.4, 0.5) is 5.82 Å². The van der Waals surface area contributed by atoms with Gasteiger partial charge in [-0.15, -0.1) is 0 Å². The van der Waals surface area contributed by atoms with Crippen LogP contribution >= 0.6 is 0 Å². The molecule has 1 aromatic heterocycles. The van der Waals surface area contributed by atoms with Crippen molar-refractivity contribution in [3.63, 3.8) is 0 Å². The number of rotatable bonds is 6. The molecule has 1 atom stereocenters. The Kier molecular flexibility index (Phi) is 4.54. The summed E-state index contributed by atoms with van der Waals surface area (Å²) >= 11 is 0. The van der Waals surface area contributed by atoms with Crippen molar-refractivity contribution in [3.8, 4) is 5.75 Å². The number of aryl methyl sites for hydroxylation is 2. The molecule has 0 aliphatic heterocycles. The van der Waals surface area contributed by atoms with Crippen LogP contribution in [0.2, 0.25) is 0 Å². The molecule has 7 nitrogen and oxygen atoms in total. The summed E-state index contributed by atoms with van der Waals surface area (Å²) in [6.07, 6.45) is 0.656. The highest BCUT2D eigenvalue weighted by molar-refractivity contribution is 5.35. The summed E-state index contributed by atoms with van der Waals surface area (Å²) in [7, 11) is 0. The van der Waals surface area contributed by atoms with E-state index in [2.05, 4.69) is 5.10 Å². The van der Waals surface area contributed by atoms with Crippen molar-refractivity contribution in [1.29, 1.82) is 0 Å². The number of nitro groups is 1. The van der Waals surface area contributed by atoms with Crippen molar-refractivity contribution in [2.45, 2.75) is 26.5 Å². The average molecular weight is 291 g/mol. The summed E-state index contributed by atoms with van der Waals surface area (Å²) in [5.41, 5.74) is 2.07. The van der Waals surface area contributed by atoms with Crippen LogP contribution in [-0.4, -0.2) is 32.5 Å². The summed E-state index contributed by atoms with van der Waals surface area (Å²) in [5.74, 6) is 0.484. The maximum Gasteiger partial charge on any atom is 0.389 e. The van der Waals surface area contributed by atoms with Crippen molar-refractivity contribution < 1.29 is 14.8 Å². The zero-order valence-electron chi connectivity index (χ0n) is 11.9. The lowest BCUT2D eigenvalue weighted by molar-refractivity contribution is -0.389. The Hall–Kier alpha value is -2.41. The normalized spacial score (nSPS) is 12.1. The molecular weight excluding hydrogens is 274 g/mol. The number of hydrogen-bond acceptors (Lipinski definition) is 5. The lowest BCUT2D eigenvalue weighted by Gasteiger charge is -2.13. The van der Waals surface area contributed by atoms with Gasteiger partial charge in [-0.2, -0.15) is 4.68 Å². The molecule has 0 saturated carbocycles. The van der Waals surface area contributed by atoms with E-state index >= 15 is 0 Å². The first-order chi connectivity index (χ1) is 9.95. The zero-order valence-corrected chi connectivity index (χ0v) is 11.9. The van der Waals surface area contributed by atoms with Gasteiger partial charge in [-0.1, -0.05) is 12.1 Å². The summed E-state index contributed by atoms with van der Waals surface area (Å²) < 4.78 is 6.91. The van der Waals surface area contributed by atoms with Gasteiger partial charge in [-0.05, 0) is 36.0 Å². The Morgan fingerprint density at radius 1 is 1.43 bits per heavy atom. The maximum absolute atomic E-state index is 10.5. The van der Waals surface area contributed by atoms with Gasteiger partial charge in [0.2, 0.25) is 0 Å². The fourth-order valence-electron chi connectivity index (χ4n) is 1.87. The minimum atomic E-state index is -0.801. The molecule has 112 valence electrons. The molecule has 2 aromatic rings. The van der Waals surface area contributed by atoms with Crippen molar-refractivity contribution in [2.24, 2.45) is 0 Å². The SMILES string of the molecule is Cc1ccc(C)c(OCC(O)Cn2ccc([N+](=O)[O-])n2)c1. The zero-order chi connectivity index (χ0) is 15.4. The van der Waals surface area contributed by atoms with Crippen LogP contribution in [0.1, 0.15) is 11.1 Å². The third-order valence-corrected chi connectivity index (χ3v) is 2.99. The maximum atomic E-state index is 10.5. The molecule has 2 rings (SSSR count). The third kappa shape index (κ3) is 4.03. The molecule has 7 heteroatoms. The third-order valence-electron chi connectivity index (χ3n) is 2.99. The molecule has 0 fully saturated rings. The van der Waals surface area contributed by atoms with E-state index in [0.717, 1.165) is 16.9 Å². The quantitative estimate of drug-likeness (QED) is 0.648. The monoisotopic (exact) mass is 291 g/mol. The van der Waals surface area contributed by atoms with Gasteiger partial charge in [0.25, 0.3) is 0 Å². The van der Waals surface area contributed by atoms with Crippen LogP contribution in [0.15, 0.2) is 30.5 Å². The van der Waals surface area contributed by atoms with E-state index in [1.54, 1.807) is 0 Å². The molecule has 0 radical (unpaired) electrons. The van der Waals surface area contributed by atoms with Crippen molar-refractivity contribution in [3.05, 3.63) is 51.7 Å². The van der Waals surface area contributed by atoms with Gasteiger partial charge >= 0.3 is 5.82 Å². The summed E-state index contributed by atoms with van der Waals surface area (Å²) in [6, 6.07) is 7.13. The molecule has 1 aromatic carbocycles. The van der Waals surface area contributed by atoms with Gasteiger partial charge in [0, 0.05) is 0 Å². The second kappa shape index (κ2) is 6.36. The van der Waals surface area contributed by atoms with Crippen molar-refractivity contribution >= 4 is 5.82 Å². The second-order valence-corrected chi connectivity index (χ2v) is 4.89. The Morgan fingerprint density at radius 2 is 2.19 bits per heavy atom. The number of benzene rings is 1. The number of aliphatic hydroxyl groups excluding tert-OH is 1. The topological polar surface area (TPSA) is 90.4 Å². The van der Waals surface area contributed by atoms with E-state index in [1.807, 2.05) is 32.0 Å². The fourth-order valence-corrected chi connectivity index (χ4v) is 1.87. The summed E-state index contributed by atoms with van der Waals surface area (Å²) in [4.78, 5) is 9.95. The molecule has 0 spiro atoms. The number of aromatic nitrogens is 2. The molecule has 21 heavy (non-hydrogen) atoms. The Morgan fingerprint density at radius 3 is 2.86 bits per heavy atom. The smallest absolute Gasteiger partial charge is 0.389 e. The van der Waals surface area contributed by atoms with Gasteiger partial charge in [-0.25, -0.2) is 0 Å². The van der Waals surface area contributed by atoms with Crippen LogP contribution in [0, 0.1) is 24.0 Å². The first-order valence-electron chi connectivity index (χ1n) is 6.51. The van der Waals surface area contributed by atoms with Crippen molar-refractivity contribution in [1.82, 2.24) is 9.78 Å². The summed E-state index contributed by atoms with van der Waals surface area (Å²) in [5, 5.41) is 24.2. The standard InChI is InChI=1S/C14H17N3O4/c1-10-3-4-11(2)13(7-10)21-9-12(18)8-16-6-5-14(15-16)17(19)20/h3-7,12,18H,8-9H2,1-2H3. The molecule has 0 aliphatic carbocycles. The molecular formula is C14H17N3O4. The molecule has 0 bridgehead atoms. The van der Waals surface area contributed by atoms with Gasteiger partial charge in [0.15, 0.2) is 0 Å². The van der Waals surface area contributed by atoms with Crippen molar-refractivity contribution in [2.75, 3.05) is 6.61 Å². The Balaban J connectivity index is 1.90. The molecule has 0 aliphatic rings. The first kappa shape index (κ1) is 15.0. The number of nitrogens with zero attached hydrogens (tertiary/aromatic N) is 3. The lowest BCUT2D eigenvalue weighted by Crippen LogP contribution is -2.24. The largest absolute Gasteiger partial charge is 0.491 e. The molecule has 0 amide bonds. The summed E-state index contributed by atoms with van der Waals surface area (Å²) in [6.45, 7) is 4.13. The van der Waals surface area contributed by atoms with E-state index < -0.39 is 11.0 Å². The van der Waals surface area contributed by atoms with E-state index in [0.29, 0.717) is 0 Å². The average Bonchev–Trinajstić information content (AvgIpc) is 2.88. The Bertz CT molecular complexity index is 639. The van der Waals surface area contributed by atoms with Crippen LogP contribution in [0.25, 0.3) is 0 Å². The van der Waals surface area contributed by atoms with Gasteiger partial charge in [-0.3, -0.25) is 0 Å². The highest BCUT2D eigenvalue weighted by atomic mass is 16.6. The molecule has 1 heterocycles. The van der Waals surface area contributed by atoms with E-state index in [1.165, 1.54) is 16.9 Å². The highest BCUT2D eigenvalue weighted by Gasteiger charge is 2.14. The van der Waals surface area contributed by atoms with E-state index in [-0.39, 0.29) is 19.0 Å². The van der Waals surface area contributed by atoms with Crippen LogP contribution in [0.3, 0.4) is 0 Å². The first-order valence-corrected chi connectivity index (χ1v) is 6.51. The van der Waals surface area contributed by atoms with Gasteiger partial charge in [0.1, 0.15) is 18.5 Å². The fraction of sp³-hybridized carbons (Fsp3) is 0.357. The van der Waals surface area contributed by atoms with Gasteiger partial charge < -0.3 is 20.0 Å². The number of aliphatic hydroxyl groups is 1. The van der Waals surface area contributed by atoms with E-state index in [4.69, 9.17) is 4.74 Å². The lowest BCUT2D eigenvalue weighted by atomic mass is 10.1. The minimum Gasteiger partial charge on any atom is -0.491 e. The second-order valence-electron chi connectivity index (χ2n) is 4.89. The van der Waals surface area contributed by atoms with Crippen LogP contribution in [-0.2, 0) is 6.54 Å². The molecule has 1 N–H and O–H groups in total. The predicted molar refractivity (Wildman–Crippen MR) is 76.3 cm³/mol. The van der Waals surface area contributed by atoms with Crippen LogP contribution < -0.4 is 4.74 Å². The van der Waals surface area contributed by atoms with E-state index in [9.17, 15) is 15.2 Å². The predicted octanol–water partition coefficient (Wildman–Crippen LogP) is 1.85. The molecule has 0 saturated heterocycles. The van der Waals surface area contributed by atoms with Crippen LogP contribution in [0.5, 0.6) is 5.75 Å². The Labute approximate surface area is 121 Å². The number of hydrogen-bond donors (Lipinski definition) is 1. The molecule has 1 unspecified atom stereocenters. The number of ether oxygens (including phenoxy) is 1. The van der Waals surface area contributed by atoms with Gasteiger partial charge in [0.05, 0.1) is 23.9 Å².